The Kier molecular flexibility index (Phi) is 5.81. The van der Waals surface area contributed by atoms with Gasteiger partial charge in [0.25, 0.3) is 0 Å². The van der Waals surface area contributed by atoms with Gasteiger partial charge in [0.05, 0.1) is 4.90 Å². The van der Waals surface area contributed by atoms with E-state index in [4.69, 9.17) is 0 Å². The number of hydrogen-bond donors (Lipinski definition) is 0. The number of unbranched alkanes of at least 4 members (excludes halogenated alkanes) is 1. The minimum absolute atomic E-state index is 0.135. The number of rotatable bonds is 5. The van der Waals surface area contributed by atoms with E-state index < -0.39 is 10.0 Å². The van der Waals surface area contributed by atoms with Crippen LogP contribution in [0.15, 0.2) is 23.1 Å². The van der Waals surface area contributed by atoms with E-state index in [-0.39, 0.29) is 5.91 Å². The van der Waals surface area contributed by atoms with Crippen LogP contribution in [-0.4, -0.2) is 49.7 Å². The third kappa shape index (κ3) is 4.12. The van der Waals surface area contributed by atoms with Crippen molar-refractivity contribution in [2.45, 2.75) is 44.9 Å². The fourth-order valence-corrected chi connectivity index (χ4v) is 4.52. The van der Waals surface area contributed by atoms with Gasteiger partial charge in [-0.1, -0.05) is 31.0 Å². The number of piperazine rings is 1. The third-order valence-electron chi connectivity index (χ3n) is 4.28. The second-order valence-corrected chi connectivity index (χ2v) is 8.06. The van der Waals surface area contributed by atoms with Crippen LogP contribution in [0, 0.1) is 13.8 Å². The first kappa shape index (κ1) is 17.9. The van der Waals surface area contributed by atoms with Crippen molar-refractivity contribution in [2.75, 3.05) is 26.2 Å². The summed E-state index contributed by atoms with van der Waals surface area (Å²) >= 11 is 0. The fourth-order valence-electron chi connectivity index (χ4n) is 2.89. The number of hydrogen-bond acceptors (Lipinski definition) is 3. The van der Waals surface area contributed by atoms with Crippen molar-refractivity contribution in [1.29, 1.82) is 0 Å². The van der Waals surface area contributed by atoms with E-state index in [0.717, 1.165) is 24.0 Å². The lowest BCUT2D eigenvalue weighted by Crippen LogP contribution is -2.50. The second kappa shape index (κ2) is 7.45. The summed E-state index contributed by atoms with van der Waals surface area (Å²) in [7, 11) is -3.48. The molecule has 0 aromatic heterocycles. The molecule has 1 aromatic rings. The Balaban J connectivity index is 2.05. The summed E-state index contributed by atoms with van der Waals surface area (Å²) in [5, 5.41) is 0. The first-order valence-corrected chi connectivity index (χ1v) is 9.65. The Bertz CT molecular complexity index is 662. The van der Waals surface area contributed by atoms with Gasteiger partial charge in [-0.2, -0.15) is 4.31 Å². The minimum atomic E-state index is -3.48. The maximum Gasteiger partial charge on any atom is 0.243 e. The van der Waals surface area contributed by atoms with Gasteiger partial charge in [0, 0.05) is 32.6 Å². The van der Waals surface area contributed by atoms with Gasteiger partial charge in [-0.3, -0.25) is 4.79 Å². The Morgan fingerprint density at radius 2 is 1.78 bits per heavy atom. The van der Waals surface area contributed by atoms with Gasteiger partial charge in [-0.25, -0.2) is 8.42 Å². The van der Waals surface area contributed by atoms with Crippen molar-refractivity contribution in [3.05, 3.63) is 29.3 Å². The summed E-state index contributed by atoms with van der Waals surface area (Å²) in [6.07, 6.45) is 2.44. The third-order valence-corrected chi connectivity index (χ3v) is 6.34. The zero-order chi connectivity index (χ0) is 17.0. The van der Waals surface area contributed by atoms with E-state index in [0.29, 0.717) is 37.5 Å². The average Bonchev–Trinajstić information content (AvgIpc) is 2.52. The van der Waals surface area contributed by atoms with Crippen molar-refractivity contribution in [3.8, 4) is 0 Å². The number of carbonyl (C=O) groups is 1. The molecule has 1 fully saturated rings. The summed E-state index contributed by atoms with van der Waals surface area (Å²) in [5.41, 5.74) is 1.82. The van der Waals surface area contributed by atoms with Crippen molar-refractivity contribution >= 4 is 15.9 Å². The summed E-state index contributed by atoms with van der Waals surface area (Å²) in [6, 6.07) is 5.39. The Morgan fingerprint density at radius 1 is 1.13 bits per heavy atom. The summed E-state index contributed by atoms with van der Waals surface area (Å²) < 4.78 is 27.1. The maximum atomic E-state index is 12.8. The predicted octanol–water partition coefficient (Wildman–Crippen LogP) is 2.33. The molecule has 2 rings (SSSR count). The molecule has 0 spiro atoms. The molecule has 1 aliphatic rings. The fraction of sp³-hybridized carbons (Fsp3) is 0.588. The lowest BCUT2D eigenvalue weighted by molar-refractivity contribution is -0.132. The highest BCUT2D eigenvalue weighted by Crippen LogP contribution is 2.22. The van der Waals surface area contributed by atoms with Crippen LogP contribution in [0.25, 0.3) is 0 Å². The average molecular weight is 338 g/mol. The SMILES string of the molecule is CCCCC(=O)N1CCN(S(=O)(=O)c2ccc(C)cc2C)CC1. The highest BCUT2D eigenvalue weighted by atomic mass is 32.2. The molecule has 1 saturated heterocycles. The first-order chi connectivity index (χ1) is 10.9. The molecule has 5 nitrogen and oxygen atoms in total. The molecular weight excluding hydrogens is 312 g/mol. The molecule has 0 N–H and O–H groups in total. The maximum absolute atomic E-state index is 12.8. The highest BCUT2D eigenvalue weighted by Gasteiger charge is 2.30. The van der Waals surface area contributed by atoms with Crippen LogP contribution < -0.4 is 0 Å². The molecule has 0 saturated carbocycles. The van der Waals surface area contributed by atoms with Crippen molar-refractivity contribution < 1.29 is 13.2 Å². The topological polar surface area (TPSA) is 57.7 Å². The smallest absolute Gasteiger partial charge is 0.243 e. The van der Waals surface area contributed by atoms with Crippen LogP contribution in [0.5, 0.6) is 0 Å². The van der Waals surface area contributed by atoms with Crippen LogP contribution >= 0.6 is 0 Å². The number of amides is 1. The zero-order valence-electron chi connectivity index (χ0n) is 14.2. The van der Waals surface area contributed by atoms with E-state index >= 15 is 0 Å². The van der Waals surface area contributed by atoms with Crippen LogP contribution in [0.1, 0.15) is 37.3 Å². The molecule has 1 amide bonds. The van der Waals surface area contributed by atoms with Crippen molar-refractivity contribution in [3.63, 3.8) is 0 Å². The van der Waals surface area contributed by atoms with Crippen molar-refractivity contribution in [2.24, 2.45) is 0 Å². The van der Waals surface area contributed by atoms with E-state index in [9.17, 15) is 13.2 Å². The predicted molar refractivity (Wildman–Crippen MR) is 90.8 cm³/mol. The number of nitrogens with zero attached hydrogens (tertiary/aromatic N) is 2. The second-order valence-electron chi connectivity index (χ2n) is 6.16. The van der Waals surface area contributed by atoms with Crippen LogP contribution in [0.2, 0.25) is 0 Å². The van der Waals surface area contributed by atoms with E-state index in [1.807, 2.05) is 26.0 Å². The Labute approximate surface area is 139 Å². The number of benzene rings is 1. The molecule has 0 aliphatic carbocycles. The van der Waals surface area contributed by atoms with Gasteiger partial charge in [0.2, 0.25) is 15.9 Å². The molecule has 1 aliphatic heterocycles. The van der Waals surface area contributed by atoms with Gasteiger partial charge in [0.1, 0.15) is 0 Å². The van der Waals surface area contributed by atoms with Crippen LogP contribution in [0.4, 0.5) is 0 Å². The van der Waals surface area contributed by atoms with Gasteiger partial charge >= 0.3 is 0 Å². The standard InChI is InChI=1S/C17H26N2O3S/c1-4-5-6-17(20)18-9-11-19(12-10-18)23(21,22)16-8-7-14(2)13-15(16)3/h7-8,13H,4-6,9-12H2,1-3H3. The lowest BCUT2D eigenvalue weighted by Gasteiger charge is -2.34. The van der Waals surface area contributed by atoms with Crippen LogP contribution in [-0.2, 0) is 14.8 Å². The van der Waals surface area contributed by atoms with Crippen molar-refractivity contribution in [1.82, 2.24) is 9.21 Å². The van der Waals surface area contributed by atoms with E-state index in [1.165, 1.54) is 4.31 Å². The monoisotopic (exact) mass is 338 g/mol. The minimum Gasteiger partial charge on any atom is -0.340 e. The quantitative estimate of drug-likeness (QED) is 0.828. The highest BCUT2D eigenvalue weighted by molar-refractivity contribution is 7.89. The summed E-state index contributed by atoms with van der Waals surface area (Å²) in [4.78, 5) is 14.2. The molecule has 1 heterocycles. The van der Waals surface area contributed by atoms with Gasteiger partial charge in [-0.15, -0.1) is 0 Å². The molecular formula is C17H26N2O3S. The molecule has 0 unspecified atom stereocenters. The molecule has 128 valence electrons. The molecule has 1 aromatic carbocycles. The number of sulfonamides is 1. The molecule has 6 heteroatoms. The van der Waals surface area contributed by atoms with Crippen LogP contribution in [0.3, 0.4) is 0 Å². The largest absolute Gasteiger partial charge is 0.340 e. The number of carbonyl (C=O) groups excluding carboxylic acids is 1. The zero-order valence-corrected chi connectivity index (χ0v) is 15.0. The lowest BCUT2D eigenvalue weighted by atomic mass is 10.2. The molecule has 0 atom stereocenters. The Morgan fingerprint density at radius 3 is 2.35 bits per heavy atom. The number of aryl methyl sites for hydroxylation is 2. The molecule has 23 heavy (non-hydrogen) atoms. The normalized spacial score (nSPS) is 16.6. The van der Waals surface area contributed by atoms with Gasteiger partial charge in [0.15, 0.2) is 0 Å². The molecule has 0 bridgehead atoms. The van der Waals surface area contributed by atoms with E-state index in [1.54, 1.807) is 11.0 Å². The van der Waals surface area contributed by atoms with Gasteiger partial charge in [-0.05, 0) is 31.9 Å². The van der Waals surface area contributed by atoms with E-state index in [2.05, 4.69) is 6.92 Å². The summed E-state index contributed by atoms with van der Waals surface area (Å²) in [5.74, 6) is 0.135. The molecule has 0 radical (unpaired) electrons. The van der Waals surface area contributed by atoms with Gasteiger partial charge < -0.3 is 4.90 Å². The summed E-state index contributed by atoms with van der Waals surface area (Å²) in [6.45, 7) is 7.52. The first-order valence-electron chi connectivity index (χ1n) is 8.21. The Hall–Kier alpha value is -1.40.